The molecule has 0 saturated carbocycles. The number of methoxy groups -OCH3 is 1. The zero-order valence-corrected chi connectivity index (χ0v) is 20.5. The maximum atomic E-state index is 12.5. The first-order valence-corrected chi connectivity index (χ1v) is 12.3. The highest BCUT2D eigenvalue weighted by atomic mass is 32.2. The van der Waals surface area contributed by atoms with E-state index in [1.54, 1.807) is 19.2 Å². The molecule has 4 aromatic rings. The molecule has 0 aliphatic heterocycles. The number of carbonyl (C=O) groups excluding carboxylic acids is 1. The molecule has 3 aromatic carbocycles. The van der Waals surface area contributed by atoms with Crippen molar-refractivity contribution in [3.63, 3.8) is 0 Å². The van der Waals surface area contributed by atoms with Crippen LogP contribution in [0, 0.1) is 10.1 Å². The standard InChI is InChI=1S/C26H25N5O4S/c1-35-23-9-5-8-20(16-23)18-36-26-29-28-24(30(26)21-11-13-22(14-12-21)31(33)34)17-27-25(32)15-10-19-6-3-2-4-7-19/h2-9,11-14,16H,10,15,17-18H2,1H3,(H,27,32). The van der Waals surface area contributed by atoms with Gasteiger partial charge in [-0.25, -0.2) is 0 Å². The minimum absolute atomic E-state index is 0.00632. The molecular formula is C26H25N5O4S. The molecule has 4 rings (SSSR count). The molecule has 36 heavy (non-hydrogen) atoms. The quantitative estimate of drug-likeness (QED) is 0.179. The highest BCUT2D eigenvalue weighted by Crippen LogP contribution is 2.27. The van der Waals surface area contributed by atoms with Crippen molar-refractivity contribution in [1.29, 1.82) is 0 Å². The number of amides is 1. The van der Waals surface area contributed by atoms with Crippen LogP contribution in [-0.4, -0.2) is 32.7 Å². The van der Waals surface area contributed by atoms with Crippen molar-refractivity contribution in [1.82, 2.24) is 20.1 Å². The van der Waals surface area contributed by atoms with Gasteiger partial charge in [0.15, 0.2) is 11.0 Å². The molecule has 184 valence electrons. The zero-order chi connectivity index (χ0) is 25.3. The molecule has 0 aliphatic carbocycles. The smallest absolute Gasteiger partial charge is 0.269 e. The lowest BCUT2D eigenvalue weighted by atomic mass is 10.1. The van der Waals surface area contributed by atoms with E-state index in [0.717, 1.165) is 16.9 Å². The lowest BCUT2D eigenvalue weighted by molar-refractivity contribution is -0.384. The van der Waals surface area contributed by atoms with Gasteiger partial charge in [-0.05, 0) is 41.8 Å². The Balaban J connectivity index is 1.50. The van der Waals surface area contributed by atoms with E-state index in [9.17, 15) is 14.9 Å². The number of rotatable bonds is 11. The van der Waals surface area contributed by atoms with Crippen LogP contribution in [0.1, 0.15) is 23.4 Å². The highest BCUT2D eigenvalue weighted by molar-refractivity contribution is 7.98. The van der Waals surface area contributed by atoms with Gasteiger partial charge in [0.25, 0.3) is 5.69 Å². The maximum absolute atomic E-state index is 12.5. The number of non-ortho nitro benzene ring substituents is 1. The minimum Gasteiger partial charge on any atom is -0.497 e. The number of nitrogens with one attached hydrogen (secondary N) is 1. The third-order valence-electron chi connectivity index (χ3n) is 5.45. The van der Waals surface area contributed by atoms with Crippen LogP contribution in [0.15, 0.2) is 84.0 Å². The maximum Gasteiger partial charge on any atom is 0.269 e. The summed E-state index contributed by atoms with van der Waals surface area (Å²) in [4.78, 5) is 23.1. The second-order valence-corrected chi connectivity index (χ2v) is 8.85. The highest BCUT2D eigenvalue weighted by Gasteiger charge is 2.17. The van der Waals surface area contributed by atoms with Gasteiger partial charge in [-0.15, -0.1) is 10.2 Å². The first-order chi connectivity index (χ1) is 17.5. The van der Waals surface area contributed by atoms with Crippen molar-refractivity contribution in [2.75, 3.05) is 7.11 Å². The average Bonchev–Trinajstić information content (AvgIpc) is 3.33. The molecule has 10 heteroatoms. The number of ether oxygens (including phenoxy) is 1. The van der Waals surface area contributed by atoms with Gasteiger partial charge >= 0.3 is 0 Å². The summed E-state index contributed by atoms with van der Waals surface area (Å²) in [5.41, 5.74) is 2.81. The van der Waals surface area contributed by atoms with Gasteiger partial charge in [0.1, 0.15) is 5.75 Å². The summed E-state index contributed by atoms with van der Waals surface area (Å²) < 4.78 is 7.11. The zero-order valence-electron chi connectivity index (χ0n) is 19.7. The molecule has 1 N–H and O–H groups in total. The summed E-state index contributed by atoms with van der Waals surface area (Å²) in [5, 5.41) is 23.3. The van der Waals surface area contributed by atoms with Crippen LogP contribution < -0.4 is 10.1 Å². The fourth-order valence-electron chi connectivity index (χ4n) is 3.57. The second-order valence-electron chi connectivity index (χ2n) is 7.91. The van der Waals surface area contributed by atoms with Gasteiger partial charge in [-0.2, -0.15) is 0 Å². The summed E-state index contributed by atoms with van der Waals surface area (Å²) in [7, 11) is 1.62. The van der Waals surface area contributed by atoms with Gasteiger partial charge in [-0.3, -0.25) is 19.5 Å². The summed E-state index contributed by atoms with van der Waals surface area (Å²) in [6.45, 7) is 0.178. The van der Waals surface area contributed by atoms with E-state index < -0.39 is 4.92 Å². The van der Waals surface area contributed by atoms with Gasteiger partial charge in [0, 0.05) is 30.0 Å². The van der Waals surface area contributed by atoms with Crippen LogP contribution in [0.5, 0.6) is 5.75 Å². The Morgan fingerprint density at radius 1 is 1.03 bits per heavy atom. The fraction of sp³-hybridized carbons (Fsp3) is 0.192. The van der Waals surface area contributed by atoms with Crippen LogP contribution >= 0.6 is 11.8 Å². The number of aryl methyl sites for hydroxylation is 1. The summed E-state index contributed by atoms with van der Waals surface area (Å²) in [6, 6.07) is 23.8. The van der Waals surface area contributed by atoms with Crippen LogP contribution in [0.25, 0.3) is 5.69 Å². The van der Waals surface area contributed by atoms with Crippen LogP contribution in [0.4, 0.5) is 5.69 Å². The van der Waals surface area contributed by atoms with Crippen LogP contribution in [0.2, 0.25) is 0 Å². The molecule has 0 atom stereocenters. The Hall–Kier alpha value is -4.18. The second kappa shape index (κ2) is 12.0. The number of thioether (sulfide) groups is 1. The lowest BCUT2D eigenvalue weighted by Gasteiger charge is -2.11. The van der Waals surface area contributed by atoms with Gasteiger partial charge in [-0.1, -0.05) is 54.2 Å². The van der Waals surface area contributed by atoms with E-state index in [1.165, 1.54) is 23.9 Å². The first-order valence-electron chi connectivity index (χ1n) is 11.3. The largest absolute Gasteiger partial charge is 0.497 e. The van der Waals surface area contributed by atoms with Crippen LogP contribution in [0.3, 0.4) is 0 Å². The summed E-state index contributed by atoms with van der Waals surface area (Å²) >= 11 is 1.47. The van der Waals surface area contributed by atoms with E-state index in [-0.39, 0.29) is 18.1 Å². The number of hydrogen-bond donors (Lipinski definition) is 1. The predicted octanol–water partition coefficient (Wildman–Crippen LogP) is 4.73. The molecule has 1 heterocycles. The van der Waals surface area contributed by atoms with Crippen molar-refractivity contribution >= 4 is 23.4 Å². The Bertz CT molecular complexity index is 1330. The molecule has 0 fully saturated rings. The predicted molar refractivity (Wildman–Crippen MR) is 137 cm³/mol. The molecule has 1 amide bonds. The number of benzene rings is 3. The number of carbonyl (C=O) groups is 1. The van der Waals surface area contributed by atoms with Crippen molar-refractivity contribution in [2.45, 2.75) is 30.3 Å². The van der Waals surface area contributed by atoms with Gasteiger partial charge < -0.3 is 10.1 Å². The van der Waals surface area contributed by atoms with Gasteiger partial charge in [0.05, 0.1) is 18.6 Å². The topological polar surface area (TPSA) is 112 Å². The number of nitro benzene ring substituents is 1. The van der Waals surface area contributed by atoms with E-state index in [1.807, 2.05) is 59.2 Å². The summed E-state index contributed by atoms with van der Waals surface area (Å²) in [5.74, 6) is 1.82. The third-order valence-corrected chi connectivity index (χ3v) is 6.45. The molecule has 0 aliphatic rings. The Morgan fingerprint density at radius 3 is 2.50 bits per heavy atom. The van der Waals surface area contributed by atoms with Crippen molar-refractivity contribution in [2.24, 2.45) is 0 Å². The Morgan fingerprint density at radius 2 is 1.78 bits per heavy atom. The van der Waals surface area contributed by atoms with Gasteiger partial charge in [0.2, 0.25) is 5.91 Å². The Labute approximate surface area is 212 Å². The molecule has 0 saturated heterocycles. The molecular weight excluding hydrogens is 478 g/mol. The van der Waals surface area contributed by atoms with Crippen molar-refractivity contribution < 1.29 is 14.5 Å². The van der Waals surface area contributed by atoms with E-state index >= 15 is 0 Å². The molecule has 0 bridgehead atoms. The number of nitrogens with zero attached hydrogens (tertiary/aromatic N) is 4. The van der Waals surface area contributed by atoms with E-state index in [4.69, 9.17) is 4.74 Å². The Kier molecular flexibility index (Phi) is 8.30. The minimum atomic E-state index is -0.442. The first kappa shape index (κ1) is 24.9. The van der Waals surface area contributed by atoms with E-state index in [0.29, 0.717) is 35.3 Å². The molecule has 0 unspecified atom stereocenters. The number of nitro groups is 1. The SMILES string of the molecule is COc1cccc(CSc2nnc(CNC(=O)CCc3ccccc3)n2-c2ccc([N+](=O)[O-])cc2)c1. The van der Waals surface area contributed by atoms with E-state index in [2.05, 4.69) is 15.5 Å². The number of hydrogen-bond acceptors (Lipinski definition) is 7. The lowest BCUT2D eigenvalue weighted by Crippen LogP contribution is -2.24. The molecule has 0 spiro atoms. The van der Waals surface area contributed by atoms with Crippen molar-refractivity contribution in [3.8, 4) is 11.4 Å². The molecule has 0 radical (unpaired) electrons. The normalized spacial score (nSPS) is 10.7. The monoisotopic (exact) mass is 503 g/mol. The summed E-state index contributed by atoms with van der Waals surface area (Å²) in [6.07, 6.45) is 0.997. The molecule has 1 aromatic heterocycles. The average molecular weight is 504 g/mol. The van der Waals surface area contributed by atoms with Crippen LogP contribution in [-0.2, 0) is 23.5 Å². The van der Waals surface area contributed by atoms with Crippen molar-refractivity contribution in [3.05, 3.63) is 106 Å². The molecule has 9 nitrogen and oxygen atoms in total. The third kappa shape index (κ3) is 6.48. The number of aromatic nitrogens is 3. The fourth-order valence-corrected chi connectivity index (χ4v) is 4.48.